The van der Waals surface area contributed by atoms with Gasteiger partial charge in [0.2, 0.25) is 0 Å². The fourth-order valence-corrected chi connectivity index (χ4v) is 3.74. The quantitative estimate of drug-likeness (QED) is 0.896. The van der Waals surface area contributed by atoms with Crippen LogP contribution in [0.1, 0.15) is 46.4 Å². The van der Waals surface area contributed by atoms with E-state index in [2.05, 4.69) is 35.3 Å². The number of aryl methyl sites for hydroxylation is 1. The van der Waals surface area contributed by atoms with Crippen LogP contribution in [0.25, 0.3) is 0 Å². The third-order valence-corrected chi connectivity index (χ3v) is 4.94. The summed E-state index contributed by atoms with van der Waals surface area (Å²) in [6.07, 6.45) is 3.43. The lowest BCUT2D eigenvalue weighted by Gasteiger charge is -2.21. The van der Waals surface area contributed by atoms with Crippen LogP contribution < -0.4 is 5.73 Å². The lowest BCUT2D eigenvalue weighted by molar-refractivity contribution is 0.583. The topological polar surface area (TPSA) is 38.9 Å². The highest BCUT2D eigenvalue weighted by Gasteiger charge is 2.24. The summed E-state index contributed by atoms with van der Waals surface area (Å²) in [4.78, 5) is 6.12. The molecule has 0 spiro atoms. The van der Waals surface area contributed by atoms with Crippen LogP contribution >= 0.6 is 11.3 Å². The van der Waals surface area contributed by atoms with Gasteiger partial charge in [-0.2, -0.15) is 0 Å². The zero-order valence-electron chi connectivity index (χ0n) is 10.6. The summed E-state index contributed by atoms with van der Waals surface area (Å²) in [7, 11) is 0. The Morgan fingerprint density at radius 1 is 1.33 bits per heavy atom. The van der Waals surface area contributed by atoms with Gasteiger partial charge in [-0.3, -0.25) is 0 Å². The molecule has 0 aliphatic heterocycles. The first-order chi connectivity index (χ1) is 8.74. The van der Waals surface area contributed by atoms with Gasteiger partial charge in [-0.05, 0) is 37.7 Å². The minimum atomic E-state index is 0.0655. The first-order valence-electron chi connectivity index (χ1n) is 6.53. The van der Waals surface area contributed by atoms with Crippen LogP contribution in [-0.4, -0.2) is 4.98 Å². The summed E-state index contributed by atoms with van der Waals surface area (Å²) in [6, 6.07) is 10.9. The van der Waals surface area contributed by atoms with Crippen molar-refractivity contribution >= 4 is 11.3 Å². The van der Waals surface area contributed by atoms with Gasteiger partial charge in [0.1, 0.15) is 5.01 Å². The van der Waals surface area contributed by atoms with Gasteiger partial charge in [0.15, 0.2) is 0 Å². The molecular formula is C15H18N2S. The lowest BCUT2D eigenvalue weighted by Crippen LogP contribution is -2.11. The van der Waals surface area contributed by atoms with E-state index in [1.165, 1.54) is 22.6 Å². The highest BCUT2D eigenvalue weighted by molar-refractivity contribution is 7.11. The summed E-state index contributed by atoms with van der Waals surface area (Å²) >= 11 is 1.81. The number of nitrogens with two attached hydrogens (primary N) is 1. The first kappa shape index (κ1) is 11.9. The maximum atomic E-state index is 5.92. The molecule has 3 rings (SSSR count). The lowest BCUT2D eigenvalue weighted by atomic mass is 9.85. The van der Waals surface area contributed by atoms with E-state index in [4.69, 9.17) is 5.73 Å². The smallest absolute Gasteiger partial charge is 0.110 e. The van der Waals surface area contributed by atoms with E-state index in [1.54, 1.807) is 11.3 Å². The Kier molecular flexibility index (Phi) is 3.18. The van der Waals surface area contributed by atoms with E-state index >= 15 is 0 Å². The Balaban J connectivity index is 1.85. The molecule has 2 nitrogen and oxygen atoms in total. The third kappa shape index (κ3) is 2.20. The average Bonchev–Trinajstić information content (AvgIpc) is 2.82. The number of thiazole rings is 1. The van der Waals surface area contributed by atoms with Crippen LogP contribution in [-0.2, 0) is 12.8 Å². The maximum Gasteiger partial charge on any atom is 0.110 e. The molecule has 1 heterocycles. The standard InChI is InChI=1S/C15H18N2S/c1-10(16)15-17-13-8-7-12(9-14(13)18-15)11-5-3-2-4-6-11/h2-6,10,12H,7-9,16H2,1H3. The number of rotatable bonds is 2. The molecule has 2 aromatic rings. The molecule has 1 aromatic heterocycles. The van der Waals surface area contributed by atoms with Gasteiger partial charge in [-0.15, -0.1) is 11.3 Å². The SMILES string of the molecule is CC(N)c1nc2c(s1)CC(c1ccccc1)CC2. The van der Waals surface area contributed by atoms with E-state index in [0.29, 0.717) is 5.92 Å². The molecule has 2 N–H and O–H groups in total. The number of hydrogen-bond donors (Lipinski definition) is 1. The Morgan fingerprint density at radius 2 is 2.11 bits per heavy atom. The normalized spacial score (nSPS) is 20.4. The van der Waals surface area contributed by atoms with Crippen molar-refractivity contribution in [3.63, 3.8) is 0 Å². The zero-order chi connectivity index (χ0) is 12.5. The molecule has 2 unspecified atom stereocenters. The number of benzene rings is 1. The average molecular weight is 258 g/mol. The highest BCUT2D eigenvalue weighted by Crippen LogP contribution is 2.36. The number of nitrogens with zero attached hydrogens (tertiary/aromatic N) is 1. The number of aromatic nitrogens is 1. The van der Waals surface area contributed by atoms with Gasteiger partial charge in [-0.1, -0.05) is 30.3 Å². The molecule has 0 bridgehead atoms. The molecule has 0 amide bonds. The van der Waals surface area contributed by atoms with Gasteiger partial charge in [-0.25, -0.2) is 4.98 Å². The van der Waals surface area contributed by atoms with Crippen molar-refractivity contribution in [3.8, 4) is 0 Å². The predicted molar refractivity (Wildman–Crippen MR) is 75.9 cm³/mol. The van der Waals surface area contributed by atoms with Gasteiger partial charge >= 0.3 is 0 Å². The van der Waals surface area contributed by atoms with Crippen LogP contribution in [0, 0.1) is 0 Å². The predicted octanol–water partition coefficient (Wildman–Crippen LogP) is 3.44. The molecule has 18 heavy (non-hydrogen) atoms. The minimum absolute atomic E-state index is 0.0655. The largest absolute Gasteiger partial charge is 0.322 e. The first-order valence-corrected chi connectivity index (χ1v) is 7.34. The molecule has 0 saturated heterocycles. The van der Waals surface area contributed by atoms with E-state index in [9.17, 15) is 0 Å². The summed E-state index contributed by atoms with van der Waals surface area (Å²) in [5.41, 5.74) is 8.67. The highest BCUT2D eigenvalue weighted by atomic mass is 32.1. The van der Waals surface area contributed by atoms with Crippen LogP contribution in [0.4, 0.5) is 0 Å². The number of fused-ring (bicyclic) bond motifs is 1. The second kappa shape index (κ2) is 4.82. The molecule has 1 aliphatic rings. The van der Waals surface area contributed by atoms with Crippen molar-refractivity contribution < 1.29 is 0 Å². The van der Waals surface area contributed by atoms with Crippen LogP contribution in [0.3, 0.4) is 0 Å². The van der Waals surface area contributed by atoms with Crippen LogP contribution in [0.5, 0.6) is 0 Å². The van der Waals surface area contributed by atoms with Gasteiger partial charge in [0.05, 0.1) is 11.7 Å². The van der Waals surface area contributed by atoms with E-state index in [1.807, 2.05) is 6.92 Å². The molecule has 1 aromatic carbocycles. The number of hydrogen-bond acceptors (Lipinski definition) is 3. The molecule has 3 heteroatoms. The van der Waals surface area contributed by atoms with Gasteiger partial charge in [0.25, 0.3) is 0 Å². The molecule has 0 fully saturated rings. The van der Waals surface area contributed by atoms with Gasteiger partial charge in [0, 0.05) is 4.88 Å². The van der Waals surface area contributed by atoms with Crippen molar-refractivity contribution in [2.45, 2.75) is 38.1 Å². The Hall–Kier alpha value is -1.19. The second-order valence-corrected chi connectivity index (χ2v) is 6.18. The summed E-state index contributed by atoms with van der Waals surface area (Å²) in [6.45, 7) is 2.01. The summed E-state index contributed by atoms with van der Waals surface area (Å²) in [5, 5.41) is 1.09. The van der Waals surface area contributed by atoms with Crippen molar-refractivity contribution in [1.82, 2.24) is 4.98 Å². The molecule has 0 saturated carbocycles. The summed E-state index contributed by atoms with van der Waals surface area (Å²) in [5.74, 6) is 0.653. The Morgan fingerprint density at radius 3 is 2.83 bits per heavy atom. The van der Waals surface area contributed by atoms with Crippen molar-refractivity contribution in [1.29, 1.82) is 0 Å². The molecular weight excluding hydrogens is 240 g/mol. The molecule has 94 valence electrons. The fraction of sp³-hybridized carbons (Fsp3) is 0.400. The van der Waals surface area contributed by atoms with Crippen LogP contribution in [0.2, 0.25) is 0 Å². The Bertz CT molecular complexity index is 531. The van der Waals surface area contributed by atoms with E-state index in [0.717, 1.165) is 17.8 Å². The summed E-state index contributed by atoms with van der Waals surface area (Å²) < 4.78 is 0. The van der Waals surface area contributed by atoms with Crippen molar-refractivity contribution in [2.24, 2.45) is 5.73 Å². The van der Waals surface area contributed by atoms with Crippen molar-refractivity contribution in [2.75, 3.05) is 0 Å². The molecule has 1 aliphatic carbocycles. The maximum absolute atomic E-state index is 5.92. The molecule has 0 radical (unpaired) electrons. The van der Waals surface area contributed by atoms with Crippen LogP contribution in [0.15, 0.2) is 30.3 Å². The van der Waals surface area contributed by atoms with Gasteiger partial charge < -0.3 is 5.73 Å². The monoisotopic (exact) mass is 258 g/mol. The van der Waals surface area contributed by atoms with E-state index in [-0.39, 0.29) is 6.04 Å². The fourth-order valence-electron chi connectivity index (χ4n) is 2.60. The molecule has 2 atom stereocenters. The van der Waals surface area contributed by atoms with E-state index < -0.39 is 0 Å². The zero-order valence-corrected chi connectivity index (χ0v) is 11.4. The minimum Gasteiger partial charge on any atom is -0.322 e. The Labute approximate surface area is 112 Å². The second-order valence-electron chi connectivity index (χ2n) is 5.06. The third-order valence-electron chi connectivity index (χ3n) is 3.62. The van der Waals surface area contributed by atoms with Crippen molar-refractivity contribution in [3.05, 3.63) is 51.5 Å².